The van der Waals surface area contributed by atoms with Gasteiger partial charge in [-0.2, -0.15) is 25.0 Å². The molecule has 0 saturated heterocycles. The van der Waals surface area contributed by atoms with Gasteiger partial charge in [0.15, 0.2) is 5.69 Å². The quantitative estimate of drug-likeness (QED) is 0.334. The monoisotopic (exact) mass is 261 g/mol. The summed E-state index contributed by atoms with van der Waals surface area (Å²) >= 11 is 5.46. The molecule has 96 valence electrons. The summed E-state index contributed by atoms with van der Waals surface area (Å²) in [6, 6.07) is 6.63. The first-order valence-electron chi connectivity index (χ1n) is 5.33. The Kier molecular flexibility index (Phi) is 12.8. The molecule has 0 bridgehead atoms. The van der Waals surface area contributed by atoms with E-state index in [0.29, 0.717) is 5.02 Å². The van der Waals surface area contributed by atoms with Gasteiger partial charge in [0.25, 0.3) is 0 Å². The van der Waals surface area contributed by atoms with Crippen LogP contribution in [0.25, 0.3) is 0 Å². The smallest absolute Gasteiger partial charge is 0.358 e. The number of rotatable bonds is 1. The van der Waals surface area contributed by atoms with E-state index in [4.69, 9.17) is 11.6 Å². The van der Waals surface area contributed by atoms with E-state index in [1.54, 1.807) is 0 Å². The molecule has 0 N–H and O–H groups in total. The molecule has 3 nitrogen and oxygen atoms in total. The molecule has 0 radical (unpaired) electrons. The zero-order chi connectivity index (χ0) is 11.8. The Balaban J connectivity index is 0. The fraction of sp³-hybridized carbons (Fsp3) is 0.385. The number of halogens is 1. The Hall–Kier alpha value is -0.493. The van der Waals surface area contributed by atoms with Gasteiger partial charge in [-0.25, -0.2) is 0 Å². The third-order valence-corrected chi connectivity index (χ3v) is 2.50. The third kappa shape index (κ3) is 8.58. The third-order valence-electron chi connectivity index (χ3n) is 2.26. The minimum absolute atomic E-state index is 0. The summed E-state index contributed by atoms with van der Waals surface area (Å²) < 4.78 is 0. The average molecular weight is 262 g/mol. The van der Waals surface area contributed by atoms with E-state index >= 15 is 0 Å². The van der Waals surface area contributed by atoms with Gasteiger partial charge in [0.1, 0.15) is 0 Å². The Morgan fingerprint density at radius 2 is 1.94 bits per heavy atom. The Morgan fingerprint density at radius 1 is 1.33 bits per heavy atom. The van der Waals surface area contributed by atoms with E-state index in [-0.39, 0.29) is 32.0 Å². The summed E-state index contributed by atoms with van der Waals surface area (Å²) in [5.41, 5.74) is -0.104. The van der Waals surface area contributed by atoms with E-state index < -0.39 is 4.92 Å². The van der Waals surface area contributed by atoms with Gasteiger partial charge in [0.2, 0.25) is 0 Å². The second-order valence-corrected chi connectivity index (χ2v) is 4.01. The zero-order valence-corrected chi connectivity index (χ0v) is 11.7. The molecule has 1 fully saturated rings. The Morgan fingerprint density at radius 3 is 2.22 bits per heavy atom. The first-order chi connectivity index (χ1) is 7.70. The second kappa shape index (κ2) is 11.6. The standard InChI is InChI=1S/C6H3ClNO2.C6H11.CH3.Li/c7-5-2-1-3-6(4-5)8(9)10;1-2-4-6-5-3-1;;/h1-2,4H;1H,2-6H2;1H3;/q3*-1;+1. The molecule has 0 amide bonds. The van der Waals surface area contributed by atoms with Crippen molar-refractivity contribution in [2.45, 2.75) is 32.1 Å². The van der Waals surface area contributed by atoms with Crippen LogP contribution in [-0.2, 0) is 0 Å². The Bertz CT molecular complexity index is 332. The summed E-state index contributed by atoms with van der Waals surface area (Å²) in [6.07, 6.45) is 9.50. The molecule has 1 aromatic rings. The van der Waals surface area contributed by atoms with Crippen molar-refractivity contribution >= 4 is 17.3 Å². The summed E-state index contributed by atoms with van der Waals surface area (Å²) in [5.74, 6) is 0. The summed E-state index contributed by atoms with van der Waals surface area (Å²) in [5, 5.41) is 10.4. The molecule has 0 spiro atoms. The fourth-order valence-corrected chi connectivity index (χ4v) is 1.60. The molecular formula is C13H17ClLiNO2-2. The maximum Gasteiger partial charge on any atom is 1.00 e. The summed E-state index contributed by atoms with van der Waals surface area (Å²) in [7, 11) is 0. The number of benzene rings is 1. The van der Waals surface area contributed by atoms with Crippen molar-refractivity contribution in [2.24, 2.45) is 0 Å². The molecule has 1 saturated carbocycles. The van der Waals surface area contributed by atoms with Crippen molar-refractivity contribution in [3.63, 3.8) is 0 Å². The molecule has 1 aliphatic rings. The molecule has 1 aliphatic carbocycles. The normalized spacial score (nSPS) is 13.2. The van der Waals surface area contributed by atoms with Crippen LogP contribution >= 0.6 is 11.6 Å². The van der Waals surface area contributed by atoms with Crippen LogP contribution in [0.5, 0.6) is 0 Å². The number of nitro groups is 1. The molecule has 5 heteroatoms. The van der Waals surface area contributed by atoms with Gasteiger partial charge in [-0.3, -0.25) is 10.1 Å². The van der Waals surface area contributed by atoms with Gasteiger partial charge in [0.05, 0.1) is 0 Å². The van der Waals surface area contributed by atoms with Crippen LogP contribution in [0.2, 0.25) is 5.02 Å². The maximum absolute atomic E-state index is 10.1. The molecule has 0 atom stereocenters. The van der Waals surface area contributed by atoms with Crippen LogP contribution in [0.15, 0.2) is 18.2 Å². The minimum atomic E-state index is -0.536. The van der Waals surface area contributed by atoms with E-state index in [1.165, 1.54) is 50.3 Å². The molecule has 0 unspecified atom stereocenters. The van der Waals surface area contributed by atoms with Crippen LogP contribution < -0.4 is 18.9 Å². The van der Waals surface area contributed by atoms with Crippen LogP contribution in [0, 0.1) is 30.0 Å². The number of hydrogen-bond acceptors (Lipinski definition) is 2. The van der Waals surface area contributed by atoms with E-state index in [2.05, 4.69) is 12.5 Å². The van der Waals surface area contributed by atoms with Gasteiger partial charge in [-0.05, 0) is 0 Å². The van der Waals surface area contributed by atoms with Crippen molar-refractivity contribution in [1.82, 2.24) is 0 Å². The first kappa shape index (κ1) is 19.8. The van der Waals surface area contributed by atoms with E-state index in [1.807, 2.05) is 0 Å². The molecule has 1 aromatic carbocycles. The maximum atomic E-state index is 10.1. The summed E-state index contributed by atoms with van der Waals surface area (Å²) in [6.45, 7) is 0. The van der Waals surface area contributed by atoms with Crippen molar-refractivity contribution in [3.05, 3.63) is 53.2 Å². The van der Waals surface area contributed by atoms with Gasteiger partial charge < -0.3 is 13.8 Å². The minimum Gasteiger partial charge on any atom is -0.358 e. The van der Waals surface area contributed by atoms with Crippen molar-refractivity contribution in [3.8, 4) is 0 Å². The molecule has 18 heavy (non-hydrogen) atoms. The van der Waals surface area contributed by atoms with Gasteiger partial charge in [-0.1, -0.05) is 30.4 Å². The summed E-state index contributed by atoms with van der Waals surface area (Å²) in [4.78, 5) is 9.53. The van der Waals surface area contributed by atoms with Crippen molar-refractivity contribution < 1.29 is 23.8 Å². The van der Waals surface area contributed by atoms with Crippen LogP contribution in [0.4, 0.5) is 5.69 Å². The molecule has 2 rings (SSSR count). The molecule has 0 heterocycles. The number of nitro benzene ring substituents is 1. The fourth-order valence-electron chi connectivity index (χ4n) is 1.43. The molecule has 0 aromatic heterocycles. The van der Waals surface area contributed by atoms with Crippen molar-refractivity contribution in [1.29, 1.82) is 0 Å². The van der Waals surface area contributed by atoms with Crippen molar-refractivity contribution in [2.75, 3.05) is 0 Å². The molecule has 0 aliphatic heterocycles. The largest absolute Gasteiger partial charge is 1.00 e. The Labute approximate surface area is 126 Å². The molecular weight excluding hydrogens is 245 g/mol. The van der Waals surface area contributed by atoms with Gasteiger partial charge in [-0.15, -0.1) is 17.7 Å². The predicted octanol–water partition coefficient (Wildman–Crippen LogP) is 1.66. The van der Waals surface area contributed by atoms with E-state index in [0.717, 1.165) is 0 Å². The van der Waals surface area contributed by atoms with Gasteiger partial charge >= 0.3 is 18.9 Å². The first-order valence-corrected chi connectivity index (χ1v) is 5.71. The number of hydrogen-bond donors (Lipinski definition) is 0. The predicted molar refractivity (Wildman–Crippen MR) is 70.7 cm³/mol. The second-order valence-electron chi connectivity index (χ2n) is 3.58. The zero-order valence-electron chi connectivity index (χ0n) is 11.0. The van der Waals surface area contributed by atoms with E-state index in [9.17, 15) is 10.1 Å². The van der Waals surface area contributed by atoms with Crippen LogP contribution in [-0.4, -0.2) is 4.92 Å². The number of non-ortho nitro benzene ring substituents is 1. The van der Waals surface area contributed by atoms with Crippen LogP contribution in [0.3, 0.4) is 0 Å². The number of nitrogens with zero attached hydrogens (tertiary/aromatic N) is 1. The average Bonchev–Trinajstić information content (AvgIpc) is 2.32. The van der Waals surface area contributed by atoms with Crippen LogP contribution in [0.1, 0.15) is 32.1 Å². The SMILES string of the molecule is O=[N+]([O-])c1[c-]ccc(Cl)c1.[CH-]1CCCCC1.[CH3-].[Li+]. The van der Waals surface area contributed by atoms with Gasteiger partial charge in [0, 0.05) is 4.92 Å². The topological polar surface area (TPSA) is 43.1 Å².